The molecule has 1 atom stereocenters. The van der Waals surface area contributed by atoms with Gasteiger partial charge >= 0.3 is 0 Å². The highest BCUT2D eigenvalue weighted by Gasteiger charge is 2.45. The Labute approximate surface area is 160 Å². The maximum absolute atomic E-state index is 13.4. The van der Waals surface area contributed by atoms with E-state index in [4.69, 9.17) is 9.47 Å². The number of halogens is 1. The van der Waals surface area contributed by atoms with Crippen LogP contribution in [0, 0.1) is 5.82 Å². The molecule has 2 aliphatic heterocycles. The summed E-state index contributed by atoms with van der Waals surface area (Å²) in [6.07, 6.45) is 0.634. The Bertz CT molecular complexity index is 983. The van der Waals surface area contributed by atoms with E-state index in [0.29, 0.717) is 35.6 Å². The summed E-state index contributed by atoms with van der Waals surface area (Å²) in [7, 11) is 0. The molecule has 0 spiro atoms. The molecule has 1 fully saturated rings. The molecule has 2 aromatic carbocycles. The summed E-state index contributed by atoms with van der Waals surface area (Å²) in [6.45, 7) is 2.30. The van der Waals surface area contributed by atoms with Crippen LogP contribution in [0.2, 0.25) is 0 Å². The highest BCUT2D eigenvalue weighted by Crippen LogP contribution is 2.41. The summed E-state index contributed by atoms with van der Waals surface area (Å²) in [5, 5.41) is 10.9. The maximum atomic E-state index is 13.4. The van der Waals surface area contributed by atoms with Gasteiger partial charge in [0.05, 0.1) is 11.6 Å². The van der Waals surface area contributed by atoms with Crippen LogP contribution in [-0.4, -0.2) is 35.0 Å². The second-order valence-corrected chi connectivity index (χ2v) is 6.61. The first-order valence-electron chi connectivity index (χ1n) is 8.95. The Kier molecular flexibility index (Phi) is 4.50. The van der Waals surface area contributed by atoms with Gasteiger partial charge in [0, 0.05) is 12.1 Å². The normalized spacial score (nSPS) is 20.1. The van der Waals surface area contributed by atoms with Crippen LogP contribution in [0.25, 0.3) is 5.76 Å². The highest BCUT2D eigenvalue weighted by atomic mass is 19.1. The van der Waals surface area contributed by atoms with Gasteiger partial charge in [0.15, 0.2) is 11.5 Å². The summed E-state index contributed by atoms with van der Waals surface area (Å²) in [6, 6.07) is 9.56. The van der Waals surface area contributed by atoms with E-state index in [9.17, 15) is 19.1 Å². The number of carbonyl (C=O) groups is 2. The number of fused-ring (bicyclic) bond motifs is 1. The van der Waals surface area contributed by atoms with E-state index in [2.05, 4.69) is 0 Å². The second-order valence-electron chi connectivity index (χ2n) is 6.61. The third-order valence-corrected chi connectivity index (χ3v) is 4.84. The van der Waals surface area contributed by atoms with Crippen LogP contribution in [0.1, 0.15) is 30.5 Å². The summed E-state index contributed by atoms with van der Waals surface area (Å²) in [4.78, 5) is 26.8. The van der Waals surface area contributed by atoms with Crippen LogP contribution in [-0.2, 0) is 9.59 Å². The molecule has 1 unspecified atom stereocenters. The van der Waals surface area contributed by atoms with Crippen molar-refractivity contribution in [3.05, 3.63) is 65.0 Å². The van der Waals surface area contributed by atoms with Crippen molar-refractivity contribution in [3.63, 3.8) is 0 Å². The predicted octanol–water partition coefficient (Wildman–Crippen LogP) is 3.39. The van der Waals surface area contributed by atoms with Crippen molar-refractivity contribution in [3.8, 4) is 11.5 Å². The summed E-state index contributed by atoms with van der Waals surface area (Å²) >= 11 is 0. The number of hydrogen-bond donors (Lipinski definition) is 1. The fourth-order valence-electron chi connectivity index (χ4n) is 3.54. The molecular weight excluding hydrogens is 365 g/mol. The molecule has 7 heteroatoms. The molecule has 1 amide bonds. The lowest BCUT2D eigenvalue weighted by atomic mass is 9.95. The molecule has 0 radical (unpaired) electrons. The van der Waals surface area contributed by atoms with Gasteiger partial charge in [-0.15, -0.1) is 0 Å². The third-order valence-electron chi connectivity index (χ3n) is 4.84. The average molecular weight is 383 g/mol. The summed E-state index contributed by atoms with van der Waals surface area (Å²) in [5.41, 5.74) is 0.867. The lowest BCUT2D eigenvalue weighted by Crippen LogP contribution is -2.30. The zero-order valence-electron chi connectivity index (χ0n) is 15.1. The molecule has 0 aliphatic carbocycles. The quantitative estimate of drug-likeness (QED) is 0.498. The Balaban J connectivity index is 1.85. The number of benzene rings is 2. The maximum Gasteiger partial charge on any atom is 0.295 e. The number of ether oxygens (including phenoxy) is 2. The molecule has 2 heterocycles. The number of Topliss-reactive ketones (excluding diaryl/α,β-unsaturated/α-hetero) is 1. The van der Waals surface area contributed by atoms with Gasteiger partial charge in [-0.2, -0.15) is 0 Å². The van der Waals surface area contributed by atoms with Gasteiger partial charge < -0.3 is 19.5 Å². The van der Waals surface area contributed by atoms with E-state index in [0.717, 1.165) is 0 Å². The molecule has 144 valence electrons. The Hall–Kier alpha value is -3.35. The van der Waals surface area contributed by atoms with Gasteiger partial charge in [0.1, 0.15) is 11.6 Å². The molecule has 2 aliphatic rings. The first-order valence-corrected chi connectivity index (χ1v) is 8.95. The predicted molar refractivity (Wildman–Crippen MR) is 98.3 cm³/mol. The first-order chi connectivity index (χ1) is 13.5. The van der Waals surface area contributed by atoms with E-state index in [1.54, 1.807) is 18.2 Å². The molecule has 0 bridgehead atoms. The number of carbonyl (C=O) groups excluding carboxylic acids is 2. The molecule has 2 aromatic rings. The van der Waals surface area contributed by atoms with Crippen molar-refractivity contribution < 1.29 is 28.6 Å². The number of likely N-dealkylation sites (tertiary alicyclic amines) is 1. The van der Waals surface area contributed by atoms with Crippen LogP contribution in [0.4, 0.5) is 4.39 Å². The number of hydrogen-bond acceptors (Lipinski definition) is 5. The van der Waals surface area contributed by atoms with Gasteiger partial charge in [0.2, 0.25) is 6.79 Å². The zero-order chi connectivity index (χ0) is 19.8. The number of nitrogens with zero attached hydrogens (tertiary/aromatic N) is 1. The van der Waals surface area contributed by atoms with Gasteiger partial charge in [-0.25, -0.2) is 4.39 Å². The number of aliphatic hydroxyl groups excluding tert-OH is 1. The summed E-state index contributed by atoms with van der Waals surface area (Å²) < 4.78 is 24.0. The minimum atomic E-state index is -0.786. The molecule has 4 rings (SSSR count). The Morgan fingerprint density at radius 1 is 1.14 bits per heavy atom. The van der Waals surface area contributed by atoms with E-state index >= 15 is 0 Å². The van der Waals surface area contributed by atoms with Crippen molar-refractivity contribution >= 4 is 17.4 Å². The van der Waals surface area contributed by atoms with E-state index in [1.165, 1.54) is 29.2 Å². The molecule has 0 aromatic heterocycles. The van der Waals surface area contributed by atoms with E-state index in [-0.39, 0.29) is 18.1 Å². The van der Waals surface area contributed by atoms with Gasteiger partial charge in [0.25, 0.3) is 11.7 Å². The van der Waals surface area contributed by atoms with Gasteiger partial charge in [-0.05, 0) is 42.3 Å². The highest BCUT2D eigenvalue weighted by molar-refractivity contribution is 6.46. The van der Waals surface area contributed by atoms with Gasteiger partial charge in [-0.1, -0.05) is 19.1 Å². The minimum Gasteiger partial charge on any atom is -0.507 e. The monoisotopic (exact) mass is 383 g/mol. The molecule has 1 saturated heterocycles. The lowest BCUT2D eigenvalue weighted by molar-refractivity contribution is -0.139. The van der Waals surface area contributed by atoms with Crippen molar-refractivity contribution in [2.45, 2.75) is 19.4 Å². The topological polar surface area (TPSA) is 76.1 Å². The first kappa shape index (κ1) is 18.0. The van der Waals surface area contributed by atoms with Crippen LogP contribution >= 0.6 is 0 Å². The average Bonchev–Trinajstić information content (AvgIpc) is 3.26. The van der Waals surface area contributed by atoms with Crippen LogP contribution in [0.15, 0.2) is 48.0 Å². The third kappa shape index (κ3) is 2.89. The van der Waals surface area contributed by atoms with Crippen molar-refractivity contribution in [2.24, 2.45) is 0 Å². The molecular formula is C21H18FNO5. The van der Waals surface area contributed by atoms with E-state index in [1.807, 2.05) is 6.92 Å². The fourth-order valence-corrected chi connectivity index (χ4v) is 3.54. The van der Waals surface area contributed by atoms with Crippen LogP contribution < -0.4 is 9.47 Å². The lowest BCUT2D eigenvalue weighted by Gasteiger charge is -2.24. The summed E-state index contributed by atoms with van der Waals surface area (Å²) in [5.74, 6) is -1.18. The second kappa shape index (κ2) is 6.99. The van der Waals surface area contributed by atoms with Crippen molar-refractivity contribution in [2.75, 3.05) is 13.3 Å². The molecule has 1 N–H and O–H groups in total. The largest absolute Gasteiger partial charge is 0.507 e. The van der Waals surface area contributed by atoms with Crippen LogP contribution in [0.5, 0.6) is 11.5 Å². The minimum absolute atomic E-state index is 0.0241. The smallest absolute Gasteiger partial charge is 0.295 e. The SMILES string of the molecule is CCCN1C(=O)C(=O)/C(=C(\O)c2ccc3c(c2)OCO3)C1c1ccc(F)cc1. The van der Waals surface area contributed by atoms with E-state index < -0.39 is 23.5 Å². The molecule has 0 saturated carbocycles. The van der Waals surface area contributed by atoms with Crippen LogP contribution in [0.3, 0.4) is 0 Å². The zero-order valence-corrected chi connectivity index (χ0v) is 15.1. The number of amides is 1. The number of aliphatic hydroxyl groups is 1. The Morgan fingerprint density at radius 2 is 1.86 bits per heavy atom. The van der Waals surface area contributed by atoms with Gasteiger partial charge in [-0.3, -0.25) is 9.59 Å². The van der Waals surface area contributed by atoms with Crippen molar-refractivity contribution in [1.29, 1.82) is 0 Å². The number of ketones is 1. The fraction of sp³-hybridized carbons (Fsp3) is 0.238. The molecule has 6 nitrogen and oxygen atoms in total. The van der Waals surface area contributed by atoms with Crippen molar-refractivity contribution in [1.82, 2.24) is 4.90 Å². The number of rotatable bonds is 4. The molecule has 28 heavy (non-hydrogen) atoms. The Morgan fingerprint density at radius 3 is 2.57 bits per heavy atom. The standard InChI is InChI=1S/C21H18FNO5/c1-2-9-23-18(12-3-6-14(22)7-4-12)17(20(25)21(23)26)19(24)13-5-8-15-16(10-13)28-11-27-15/h3-8,10,18,24H,2,9,11H2,1H3/b19-17-.